The number of carboxylic acids is 1. The van der Waals surface area contributed by atoms with Gasteiger partial charge in [0.2, 0.25) is 0 Å². The van der Waals surface area contributed by atoms with Crippen molar-refractivity contribution >= 4 is 11.9 Å². The summed E-state index contributed by atoms with van der Waals surface area (Å²) in [6.07, 6.45) is 2.66. The Balaban J connectivity index is 4.05. The quantitative estimate of drug-likeness (QED) is 0.408. The Kier molecular flexibility index (Phi) is 6.72. The summed E-state index contributed by atoms with van der Waals surface area (Å²) in [5, 5.41) is 17.8. The van der Waals surface area contributed by atoms with Crippen molar-refractivity contribution in [1.29, 1.82) is 0 Å². The number of carboxylic acid groups (broad SMARTS) is 1. The van der Waals surface area contributed by atoms with E-state index in [4.69, 9.17) is 19.7 Å². The normalized spacial score (nSPS) is 15.2. The molecule has 19 heavy (non-hydrogen) atoms. The van der Waals surface area contributed by atoms with Crippen LogP contribution in [-0.4, -0.2) is 47.6 Å². The molecule has 0 amide bonds. The summed E-state index contributed by atoms with van der Waals surface area (Å²) in [6.45, 7) is 6.07. The van der Waals surface area contributed by atoms with Gasteiger partial charge in [-0.3, -0.25) is 4.79 Å². The van der Waals surface area contributed by atoms with E-state index in [9.17, 15) is 9.59 Å². The Labute approximate surface area is 113 Å². The van der Waals surface area contributed by atoms with Crippen LogP contribution in [0.3, 0.4) is 0 Å². The number of hydrogen-bond acceptors (Lipinski definition) is 5. The third kappa shape index (κ3) is 7.58. The first-order chi connectivity index (χ1) is 8.60. The molecule has 6 nitrogen and oxygen atoms in total. The summed E-state index contributed by atoms with van der Waals surface area (Å²) >= 11 is 0. The lowest BCUT2D eigenvalue weighted by atomic mass is 9.93. The van der Waals surface area contributed by atoms with Gasteiger partial charge in [0.15, 0.2) is 0 Å². The monoisotopic (exact) mass is 274 g/mol. The Hall–Kier alpha value is -1.40. The van der Waals surface area contributed by atoms with Crippen molar-refractivity contribution in [3.8, 4) is 0 Å². The lowest BCUT2D eigenvalue weighted by Gasteiger charge is -2.21. The number of aliphatic hydroxyl groups is 1. The fraction of sp³-hybridized carbons (Fsp3) is 0.692. The molecule has 0 aromatic carbocycles. The Morgan fingerprint density at radius 2 is 1.79 bits per heavy atom. The fourth-order valence-electron chi connectivity index (χ4n) is 1.01. The molecule has 0 spiro atoms. The smallest absolute Gasteiger partial charge is 0.331 e. The molecule has 0 fully saturated rings. The second kappa shape index (κ2) is 7.25. The third-order valence-electron chi connectivity index (χ3n) is 2.16. The van der Waals surface area contributed by atoms with E-state index in [1.165, 1.54) is 19.1 Å². The standard InChI is InChI=1S/C13H22O6/c1-12(2,3)19-10(15)6-5-7-18-9-13(4,8-14)11(16)17/h5-6,14H,7-9H2,1-4H3,(H,16,17)/b6-5+. The molecular weight excluding hydrogens is 252 g/mol. The lowest BCUT2D eigenvalue weighted by Crippen LogP contribution is -2.36. The third-order valence-corrected chi connectivity index (χ3v) is 2.16. The van der Waals surface area contributed by atoms with Gasteiger partial charge in [0, 0.05) is 6.08 Å². The number of hydrogen-bond donors (Lipinski definition) is 2. The molecule has 0 aromatic heterocycles. The molecule has 0 saturated heterocycles. The first kappa shape index (κ1) is 17.6. The molecule has 0 aromatic rings. The number of ether oxygens (including phenoxy) is 2. The summed E-state index contributed by atoms with van der Waals surface area (Å²) in [7, 11) is 0. The SMILES string of the molecule is CC(C)(C)OC(=O)/C=C/COCC(C)(CO)C(=O)O. The maximum Gasteiger partial charge on any atom is 0.331 e. The van der Waals surface area contributed by atoms with Crippen molar-refractivity contribution in [2.24, 2.45) is 5.41 Å². The van der Waals surface area contributed by atoms with Crippen LogP contribution in [0.4, 0.5) is 0 Å². The minimum absolute atomic E-state index is 0.0715. The summed E-state index contributed by atoms with van der Waals surface area (Å²) in [5.74, 6) is -1.62. The molecule has 2 N–H and O–H groups in total. The van der Waals surface area contributed by atoms with E-state index in [-0.39, 0.29) is 13.2 Å². The van der Waals surface area contributed by atoms with Crippen LogP contribution in [0.5, 0.6) is 0 Å². The van der Waals surface area contributed by atoms with Crippen LogP contribution in [-0.2, 0) is 19.1 Å². The first-order valence-electron chi connectivity index (χ1n) is 5.92. The van der Waals surface area contributed by atoms with Crippen LogP contribution in [0.25, 0.3) is 0 Å². The van der Waals surface area contributed by atoms with Crippen molar-refractivity contribution in [3.05, 3.63) is 12.2 Å². The number of carbonyl (C=O) groups is 2. The van der Waals surface area contributed by atoms with Gasteiger partial charge in [0.1, 0.15) is 11.0 Å². The highest BCUT2D eigenvalue weighted by atomic mass is 16.6. The van der Waals surface area contributed by atoms with Gasteiger partial charge in [-0.05, 0) is 27.7 Å². The highest BCUT2D eigenvalue weighted by Gasteiger charge is 2.32. The van der Waals surface area contributed by atoms with Crippen molar-refractivity contribution in [3.63, 3.8) is 0 Å². The van der Waals surface area contributed by atoms with Crippen LogP contribution < -0.4 is 0 Å². The van der Waals surface area contributed by atoms with Gasteiger partial charge in [-0.2, -0.15) is 0 Å². The molecule has 110 valence electrons. The van der Waals surface area contributed by atoms with Gasteiger partial charge in [0.05, 0.1) is 19.8 Å². The van der Waals surface area contributed by atoms with E-state index >= 15 is 0 Å². The lowest BCUT2D eigenvalue weighted by molar-refractivity contribution is -0.154. The van der Waals surface area contributed by atoms with E-state index in [0.717, 1.165) is 0 Å². The van der Waals surface area contributed by atoms with Crippen LogP contribution in [0, 0.1) is 5.41 Å². The first-order valence-corrected chi connectivity index (χ1v) is 5.92. The molecule has 0 rings (SSSR count). The fourth-order valence-corrected chi connectivity index (χ4v) is 1.01. The number of aliphatic hydroxyl groups excluding tert-OH is 1. The zero-order valence-electron chi connectivity index (χ0n) is 11.8. The number of esters is 1. The summed E-state index contributed by atoms with van der Waals surface area (Å²) < 4.78 is 10.1. The predicted molar refractivity (Wildman–Crippen MR) is 68.6 cm³/mol. The average molecular weight is 274 g/mol. The Bertz CT molecular complexity index is 342. The maximum absolute atomic E-state index is 11.3. The van der Waals surface area contributed by atoms with Crippen LogP contribution >= 0.6 is 0 Å². The molecule has 0 saturated carbocycles. The molecular formula is C13H22O6. The van der Waals surface area contributed by atoms with E-state index in [0.29, 0.717) is 0 Å². The van der Waals surface area contributed by atoms with Crippen molar-refractivity contribution < 1.29 is 29.3 Å². The van der Waals surface area contributed by atoms with Gasteiger partial charge in [-0.25, -0.2) is 4.79 Å². The van der Waals surface area contributed by atoms with Crippen molar-refractivity contribution in [2.75, 3.05) is 19.8 Å². The van der Waals surface area contributed by atoms with E-state index in [1.54, 1.807) is 20.8 Å². The highest BCUT2D eigenvalue weighted by Crippen LogP contribution is 2.15. The second-order valence-corrected chi connectivity index (χ2v) is 5.47. The molecule has 0 aliphatic carbocycles. The Morgan fingerprint density at radius 1 is 1.21 bits per heavy atom. The molecule has 0 heterocycles. The summed E-state index contributed by atoms with van der Waals surface area (Å²) in [4.78, 5) is 22.1. The van der Waals surface area contributed by atoms with Gasteiger partial charge in [-0.1, -0.05) is 6.08 Å². The van der Waals surface area contributed by atoms with E-state index in [1.807, 2.05) is 0 Å². The minimum Gasteiger partial charge on any atom is -0.481 e. The summed E-state index contributed by atoms with van der Waals surface area (Å²) in [5.41, 5.74) is -1.89. The zero-order chi connectivity index (χ0) is 15.1. The second-order valence-electron chi connectivity index (χ2n) is 5.47. The van der Waals surface area contributed by atoms with Crippen molar-refractivity contribution in [2.45, 2.75) is 33.3 Å². The highest BCUT2D eigenvalue weighted by molar-refractivity contribution is 5.82. The van der Waals surface area contributed by atoms with E-state index < -0.39 is 29.6 Å². The Morgan fingerprint density at radius 3 is 2.21 bits per heavy atom. The predicted octanol–water partition coefficient (Wildman–Crippen LogP) is 0.984. The molecule has 0 aliphatic heterocycles. The summed E-state index contributed by atoms with van der Waals surface area (Å²) in [6, 6.07) is 0. The molecule has 0 aliphatic rings. The topological polar surface area (TPSA) is 93.1 Å². The van der Waals surface area contributed by atoms with Crippen LogP contribution in [0.1, 0.15) is 27.7 Å². The molecule has 6 heteroatoms. The molecule has 1 atom stereocenters. The molecule has 1 unspecified atom stereocenters. The van der Waals surface area contributed by atoms with Gasteiger partial charge >= 0.3 is 11.9 Å². The number of aliphatic carboxylic acids is 1. The molecule has 0 bridgehead atoms. The van der Waals surface area contributed by atoms with Crippen LogP contribution in [0.15, 0.2) is 12.2 Å². The van der Waals surface area contributed by atoms with Gasteiger partial charge in [-0.15, -0.1) is 0 Å². The zero-order valence-corrected chi connectivity index (χ0v) is 11.8. The average Bonchev–Trinajstić information content (AvgIpc) is 2.25. The largest absolute Gasteiger partial charge is 0.481 e. The van der Waals surface area contributed by atoms with Gasteiger partial charge in [0.25, 0.3) is 0 Å². The van der Waals surface area contributed by atoms with Crippen LogP contribution in [0.2, 0.25) is 0 Å². The van der Waals surface area contributed by atoms with Crippen molar-refractivity contribution in [1.82, 2.24) is 0 Å². The molecule has 0 radical (unpaired) electrons. The maximum atomic E-state index is 11.3. The minimum atomic E-state index is -1.33. The number of rotatable bonds is 7. The number of carbonyl (C=O) groups excluding carboxylic acids is 1. The van der Waals surface area contributed by atoms with Gasteiger partial charge < -0.3 is 19.7 Å². The van der Waals surface area contributed by atoms with E-state index in [2.05, 4.69) is 0 Å².